The Bertz CT molecular complexity index is 3330. The van der Waals surface area contributed by atoms with Crippen molar-refractivity contribution in [1.82, 2.24) is 14.9 Å². The number of nitrogens with zero attached hydrogens (tertiary/aromatic N) is 4. The van der Waals surface area contributed by atoms with E-state index in [1.54, 1.807) is 11.3 Å². The first kappa shape index (κ1) is 35.8. The van der Waals surface area contributed by atoms with Crippen LogP contribution in [-0.4, -0.2) is 21.2 Å². The lowest BCUT2D eigenvalue weighted by molar-refractivity contribution is -0.137. The van der Waals surface area contributed by atoms with Crippen LogP contribution in [0.4, 0.5) is 13.2 Å². The minimum atomic E-state index is -4.41. The maximum absolute atomic E-state index is 13.5. The maximum Gasteiger partial charge on any atom is 0.416 e. The molecule has 1 N–H and O–H groups in total. The Kier molecular flexibility index (Phi) is 8.45. The lowest BCUT2D eigenvalue weighted by atomic mass is 9.99. The molecule has 9 heteroatoms. The van der Waals surface area contributed by atoms with Crippen LogP contribution in [0.2, 0.25) is 0 Å². The number of aromatic nitrogens is 2. The van der Waals surface area contributed by atoms with Gasteiger partial charge in [0, 0.05) is 55.5 Å². The van der Waals surface area contributed by atoms with Crippen molar-refractivity contribution in [3.63, 3.8) is 0 Å². The van der Waals surface area contributed by atoms with Crippen molar-refractivity contribution in [3.8, 4) is 27.9 Å². The number of hydrogen-bond acceptors (Lipinski definition) is 5. The summed E-state index contributed by atoms with van der Waals surface area (Å²) in [6.45, 7) is 0. The zero-order chi connectivity index (χ0) is 40.4. The van der Waals surface area contributed by atoms with E-state index in [0.29, 0.717) is 11.5 Å². The molecule has 0 aliphatic carbocycles. The molecule has 0 fully saturated rings. The summed E-state index contributed by atoms with van der Waals surface area (Å²) >= 11 is 1.69. The fourth-order valence-electron chi connectivity index (χ4n) is 8.31. The third-order valence-electron chi connectivity index (χ3n) is 11.2. The number of pyridine rings is 1. The van der Waals surface area contributed by atoms with E-state index < -0.39 is 11.7 Å². The normalized spacial score (nSPS) is 14.4. The molecule has 10 aromatic rings. The van der Waals surface area contributed by atoms with E-state index in [9.17, 15) is 13.2 Å². The highest BCUT2D eigenvalue weighted by Gasteiger charge is 2.30. The number of para-hydroxylation sites is 1. The van der Waals surface area contributed by atoms with Crippen molar-refractivity contribution in [3.05, 3.63) is 205 Å². The first-order valence-corrected chi connectivity index (χ1v) is 20.3. The van der Waals surface area contributed by atoms with Crippen molar-refractivity contribution in [2.24, 2.45) is 9.98 Å². The topological polar surface area (TPSA) is 54.6 Å². The molecule has 0 saturated heterocycles. The summed E-state index contributed by atoms with van der Waals surface area (Å²) in [5, 5.41) is 7.77. The van der Waals surface area contributed by atoms with Gasteiger partial charge >= 0.3 is 6.18 Å². The smallest absolute Gasteiger partial charge is 0.344 e. The molecular weight excluding hydrogens is 772 g/mol. The SMILES string of the molecule is FC(F)(F)c1ccc(-n2c3ccccc3c3cc(-c4ccc5sc6cncc(C7=NC(c8ccccc8)NC(c8cccc(-c9ccccc9)c8)=N7)c6c5c4)ccc32)cc1. The molecule has 7 aromatic carbocycles. The number of benzene rings is 7. The standard InChI is InChI=1S/C51H32F3N5S/c52-51(53,54)37-20-22-38(23-21-37)59-43-17-8-7-16-39(43)40-27-34(18-24-44(40)59)35-19-25-45-41(28-35)47-42(29-55-30-46(47)60-45)50-57-48(32-12-5-2-6-13-32)56-49(58-50)36-15-9-14-33(26-36)31-10-3-1-4-11-31/h1-30,48H,(H,56,57,58). The van der Waals surface area contributed by atoms with Crippen LogP contribution < -0.4 is 5.32 Å². The van der Waals surface area contributed by atoms with E-state index in [1.807, 2.05) is 71.6 Å². The molecule has 1 atom stereocenters. The highest BCUT2D eigenvalue weighted by Crippen LogP contribution is 2.41. The first-order valence-electron chi connectivity index (χ1n) is 19.5. The molecule has 3 aromatic heterocycles. The first-order chi connectivity index (χ1) is 29.4. The van der Waals surface area contributed by atoms with E-state index in [4.69, 9.17) is 15.0 Å². The number of rotatable bonds is 6. The number of hydrogen-bond donors (Lipinski definition) is 1. The molecule has 0 saturated carbocycles. The zero-order valence-electron chi connectivity index (χ0n) is 31.7. The van der Waals surface area contributed by atoms with Crippen LogP contribution in [0.3, 0.4) is 0 Å². The third kappa shape index (κ3) is 6.22. The molecular formula is C51H32F3N5S. The van der Waals surface area contributed by atoms with Crippen molar-refractivity contribution < 1.29 is 13.2 Å². The predicted octanol–water partition coefficient (Wildman–Crippen LogP) is 13.4. The summed E-state index contributed by atoms with van der Waals surface area (Å²) < 4.78 is 44.5. The highest BCUT2D eigenvalue weighted by atomic mass is 32.1. The van der Waals surface area contributed by atoms with Crippen LogP contribution in [0.5, 0.6) is 0 Å². The van der Waals surface area contributed by atoms with E-state index >= 15 is 0 Å². The van der Waals surface area contributed by atoms with Gasteiger partial charge in [-0.15, -0.1) is 11.3 Å². The van der Waals surface area contributed by atoms with E-state index in [2.05, 4.69) is 96.3 Å². The number of halogens is 3. The summed E-state index contributed by atoms with van der Waals surface area (Å²) in [7, 11) is 0. The molecule has 0 radical (unpaired) electrons. The molecule has 5 nitrogen and oxygen atoms in total. The van der Waals surface area contributed by atoms with Gasteiger partial charge in [0.15, 0.2) is 5.84 Å². The quantitative estimate of drug-likeness (QED) is 0.182. The third-order valence-corrected chi connectivity index (χ3v) is 12.3. The second-order valence-corrected chi connectivity index (χ2v) is 15.9. The van der Waals surface area contributed by atoms with E-state index in [-0.39, 0.29) is 6.17 Å². The molecule has 0 bridgehead atoms. The van der Waals surface area contributed by atoms with Crippen LogP contribution in [0.1, 0.15) is 28.4 Å². The molecule has 4 heterocycles. The van der Waals surface area contributed by atoms with Crippen LogP contribution in [0.15, 0.2) is 192 Å². The Morgan fingerprint density at radius 2 is 1.22 bits per heavy atom. The number of alkyl halides is 3. The van der Waals surface area contributed by atoms with Gasteiger partial charge in [-0.25, -0.2) is 9.98 Å². The summed E-state index contributed by atoms with van der Waals surface area (Å²) in [6, 6.07) is 55.2. The lowest BCUT2D eigenvalue weighted by Crippen LogP contribution is -2.33. The van der Waals surface area contributed by atoms with Gasteiger partial charge < -0.3 is 9.88 Å². The minimum absolute atomic E-state index is 0.374. The molecule has 0 amide bonds. The van der Waals surface area contributed by atoms with Gasteiger partial charge in [-0.2, -0.15) is 13.2 Å². The second-order valence-electron chi connectivity index (χ2n) is 14.8. The highest BCUT2D eigenvalue weighted by molar-refractivity contribution is 7.25. The van der Waals surface area contributed by atoms with Crippen molar-refractivity contribution in [2.45, 2.75) is 12.3 Å². The van der Waals surface area contributed by atoms with Gasteiger partial charge in [0.25, 0.3) is 0 Å². The number of nitrogens with one attached hydrogen (secondary N) is 1. The molecule has 1 unspecified atom stereocenters. The summed E-state index contributed by atoms with van der Waals surface area (Å²) in [4.78, 5) is 15.1. The van der Waals surface area contributed by atoms with Crippen molar-refractivity contribution >= 4 is 65.0 Å². The lowest BCUT2D eigenvalue weighted by Gasteiger charge is -2.24. The number of fused-ring (bicyclic) bond motifs is 6. The Labute approximate surface area is 346 Å². The molecule has 0 spiro atoms. The molecule has 1 aliphatic heterocycles. The zero-order valence-corrected chi connectivity index (χ0v) is 32.5. The van der Waals surface area contributed by atoms with Gasteiger partial charge in [0.2, 0.25) is 0 Å². The van der Waals surface area contributed by atoms with E-state index in [1.165, 1.54) is 12.1 Å². The van der Waals surface area contributed by atoms with Gasteiger partial charge in [0.1, 0.15) is 12.0 Å². The fourth-order valence-corrected chi connectivity index (χ4v) is 9.39. The Morgan fingerprint density at radius 3 is 2.02 bits per heavy atom. The van der Waals surface area contributed by atoms with Crippen LogP contribution in [0.25, 0.3) is 69.9 Å². The molecule has 60 heavy (non-hydrogen) atoms. The molecule has 1 aliphatic rings. The Balaban J connectivity index is 1.04. The van der Waals surface area contributed by atoms with Crippen molar-refractivity contribution in [2.75, 3.05) is 0 Å². The van der Waals surface area contributed by atoms with Crippen LogP contribution in [-0.2, 0) is 6.18 Å². The summed E-state index contributed by atoms with van der Waals surface area (Å²) in [5.74, 6) is 1.33. The van der Waals surface area contributed by atoms with Gasteiger partial charge in [-0.05, 0) is 88.5 Å². The molecule has 288 valence electrons. The Hall–Kier alpha value is -7.36. The molecule has 11 rings (SSSR count). The minimum Gasteiger partial charge on any atom is -0.344 e. The summed E-state index contributed by atoms with van der Waals surface area (Å²) in [5.41, 5.74) is 8.94. The van der Waals surface area contributed by atoms with Gasteiger partial charge in [-0.3, -0.25) is 4.98 Å². The maximum atomic E-state index is 13.5. The number of thiophene rings is 1. The van der Waals surface area contributed by atoms with Crippen LogP contribution in [0, 0.1) is 0 Å². The van der Waals surface area contributed by atoms with Gasteiger partial charge in [-0.1, -0.05) is 109 Å². The predicted molar refractivity (Wildman–Crippen MR) is 239 cm³/mol. The monoisotopic (exact) mass is 803 g/mol. The van der Waals surface area contributed by atoms with Gasteiger partial charge in [0.05, 0.1) is 21.3 Å². The average molecular weight is 804 g/mol. The second kappa shape index (κ2) is 14.2. The summed E-state index contributed by atoms with van der Waals surface area (Å²) in [6.07, 6.45) is -0.995. The van der Waals surface area contributed by atoms with E-state index in [0.717, 1.165) is 98.9 Å². The van der Waals surface area contributed by atoms with Crippen LogP contribution >= 0.6 is 11.3 Å². The van der Waals surface area contributed by atoms with Crippen molar-refractivity contribution in [1.29, 1.82) is 0 Å². The average Bonchev–Trinajstić information content (AvgIpc) is 3.84. The number of aliphatic imine (C=N–C) groups is 2. The largest absolute Gasteiger partial charge is 0.416 e. The Morgan fingerprint density at radius 1 is 0.550 bits per heavy atom. The fraction of sp³-hybridized carbons (Fsp3) is 0.0392. The number of amidine groups is 2.